The van der Waals surface area contributed by atoms with E-state index in [1.54, 1.807) is 41.2 Å². The highest BCUT2D eigenvalue weighted by Gasteiger charge is 2.27. The van der Waals surface area contributed by atoms with Gasteiger partial charge in [0.05, 0.1) is 30.6 Å². The number of carbonyl (C=O) groups is 1. The number of halogens is 3. The number of fused-ring (bicyclic) bond motifs is 1. The van der Waals surface area contributed by atoms with Gasteiger partial charge in [0.2, 0.25) is 5.88 Å². The van der Waals surface area contributed by atoms with Gasteiger partial charge < -0.3 is 15.4 Å². The zero-order valence-electron chi connectivity index (χ0n) is 21.0. The molecule has 1 fully saturated rings. The zero-order valence-corrected chi connectivity index (χ0v) is 21.0. The number of aromatic nitrogens is 4. The molecule has 0 bridgehead atoms. The molecule has 1 saturated carbocycles. The molecule has 1 aromatic carbocycles. The number of anilines is 1. The Bertz CT molecular complexity index is 1460. The van der Waals surface area contributed by atoms with E-state index < -0.39 is 12.6 Å². The van der Waals surface area contributed by atoms with E-state index in [1.807, 2.05) is 26.0 Å². The fraction of sp³-hybridized carbons (Fsp3) is 0.333. The second-order valence-corrected chi connectivity index (χ2v) is 9.20. The van der Waals surface area contributed by atoms with Gasteiger partial charge in [0, 0.05) is 47.7 Å². The quantitative estimate of drug-likeness (QED) is 0.304. The molecule has 0 unspecified atom stereocenters. The van der Waals surface area contributed by atoms with Gasteiger partial charge >= 0.3 is 6.18 Å². The van der Waals surface area contributed by atoms with E-state index in [0.717, 1.165) is 24.0 Å². The molecule has 1 aliphatic rings. The second-order valence-electron chi connectivity index (χ2n) is 9.20. The Morgan fingerprint density at radius 2 is 1.92 bits per heavy atom. The van der Waals surface area contributed by atoms with Gasteiger partial charge in [0.1, 0.15) is 0 Å². The van der Waals surface area contributed by atoms with Crippen LogP contribution in [0.2, 0.25) is 0 Å². The number of amides is 1. The summed E-state index contributed by atoms with van der Waals surface area (Å²) in [5.41, 5.74) is 4.48. The maximum atomic E-state index is 12.8. The summed E-state index contributed by atoms with van der Waals surface area (Å²) < 4.78 is 45.6. The first-order valence-electron chi connectivity index (χ1n) is 12.4. The van der Waals surface area contributed by atoms with Crippen molar-refractivity contribution in [1.82, 2.24) is 24.7 Å². The summed E-state index contributed by atoms with van der Waals surface area (Å²) in [4.78, 5) is 25.9. The van der Waals surface area contributed by atoms with Crippen molar-refractivity contribution < 1.29 is 22.7 Å². The molecule has 3 heterocycles. The minimum atomic E-state index is -4.30. The number of aryl methyl sites for hydroxylation is 1. The maximum Gasteiger partial charge on any atom is 0.390 e. The van der Waals surface area contributed by atoms with Crippen molar-refractivity contribution in [2.24, 2.45) is 0 Å². The Hall–Kier alpha value is -4.15. The number of rotatable bonds is 9. The van der Waals surface area contributed by atoms with Crippen LogP contribution in [0.1, 0.15) is 42.1 Å². The highest BCUT2D eigenvalue weighted by molar-refractivity contribution is 5.96. The Morgan fingerprint density at radius 1 is 1.13 bits per heavy atom. The molecule has 0 aliphatic heterocycles. The number of pyridine rings is 1. The van der Waals surface area contributed by atoms with Crippen molar-refractivity contribution in [3.05, 3.63) is 60.0 Å². The number of hydrogen-bond acceptors (Lipinski definition) is 6. The van der Waals surface area contributed by atoms with Gasteiger partial charge in [0.15, 0.2) is 11.5 Å². The third-order valence-corrected chi connectivity index (χ3v) is 6.20. The number of carbonyl (C=O) groups excluding carboxylic acids is 1. The lowest BCUT2D eigenvalue weighted by Gasteiger charge is -2.13. The van der Waals surface area contributed by atoms with Gasteiger partial charge in [-0.25, -0.2) is 15.0 Å². The van der Waals surface area contributed by atoms with Gasteiger partial charge in [-0.15, -0.1) is 0 Å². The van der Waals surface area contributed by atoms with Crippen LogP contribution in [0.5, 0.6) is 5.88 Å². The molecule has 3 aromatic heterocycles. The van der Waals surface area contributed by atoms with Crippen LogP contribution in [-0.4, -0.2) is 50.6 Å². The standard InChI is InChI=1S/C27H27F3N6O2/c1-3-38-23-9-5-18(13-32-23)21-15-36-22(14-33-25(36)24(35-21)31-11-10-27(28,29)30)17-4-8-20(16(2)12-17)26(37)34-19-6-7-19/h4-5,8-9,12-15,19H,3,6-7,10-11H2,1-2H3,(H,31,35)(H,34,37). The molecule has 0 saturated heterocycles. The van der Waals surface area contributed by atoms with Crippen LogP contribution in [-0.2, 0) is 0 Å². The van der Waals surface area contributed by atoms with Crippen LogP contribution in [0.15, 0.2) is 48.9 Å². The van der Waals surface area contributed by atoms with Crippen LogP contribution in [0.4, 0.5) is 19.0 Å². The summed E-state index contributed by atoms with van der Waals surface area (Å²) in [6.45, 7) is 3.86. The lowest BCUT2D eigenvalue weighted by Crippen LogP contribution is -2.26. The summed E-state index contributed by atoms with van der Waals surface area (Å²) in [5, 5.41) is 5.80. The fourth-order valence-corrected chi connectivity index (χ4v) is 4.12. The number of ether oxygens (including phenoxy) is 1. The van der Waals surface area contributed by atoms with E-state index >= 15 is 0 Å². The van der Waals surface area contributed by atoms with Gasteiger partial charge in [-0.3, -0.25) is 9.20 Å². The number of benzene rings is 1. The first-order valence-corrected chi connectivity index (χ1v) is 12.4. The van der Waals surface area contributed by atoms with E-state index in [2.05, 4.69) is 25.6 Å². The van der Waals surface area contributed by atoms with Crippen LogP contribution >= 0.6 is 0 Å². The Morgan fingerprint density at radius 3 is 2.58 bits per heavy atom. The molecule has 0 spiro atoms. The topological polar surface area (TPSA) is 93.4 Å². The summed E-state index contributed by atoms with van der Waals surface area (Å²) in [7, 11) is 0. The van der Waals surface area contributed by atoms with Crippen molar-refractivity contribution in [2.75, 3.05) is 18.5 Å². The first-order chi connectivity index (χ1) is 18.2. The number of nitrogens with zero attached hydrogens (tertiary/aromatic N) is 4. The Balaban J connectivity index is 1.53. The monoisotopic (exact) mass is 524 g/mol. The average Bonchev–Trinajstić information content (AvgIpc) is 3.58. The van der Waals surface area contributed by atoms with Crippen molar-refractivity contribution >= 4 is 17.4 Å². The molecule has 38 heavy (non-hydrogen) atoms. The Kier molecular flexibility index (Phi) is 6.92. The molecule has 11 heteroatoms. The highest BCUT2D eigenvalue weighted by Crippen LogP contribution is 2.30. The van der Waals surface area contributed by atoms with Gasteiger partial charge in [-0.05, 0) is 50.5 Å². The lowest BCUT2D eigenvalue weighted by atomic mass is 10.0. The lowest BCUT2D eigenvalue weighted by molar-refractivity contribution is -0.131. The molecule has 0 atom stereocenters. The summed E-state index contributed by atoms with van der Waals surface area (Å²) in [5.74, 6) is 0.592. The molecule has 0 radical (unpaired) electrons. The first kappa shape index (κ1) is 25.5. The zero-order chi connectivity index (χ0) is 26.9. The van der Waals surface area contributed by atoms with Crippen LogP contribution in [0, 0.1) is 6.92 Å². The highest BCUT2D eigenvalue weighted by atomic mass is 19.4. The third-order valence-electron chi connectivity index (χ3n) is 6.20. The van der Waals surface area contributed by atoms with Crippen LogP contribution < -0.4 is 15.4 Å². The SMILES string of the molecule is CCOc1ccc(-c2cn3c(-c4ccc(C(=O)NC5CC5)c(C)c4)cnc3c(NCCC(F)(F)F)n2)cn1. The largest absolute Gasteiger partial charge is 0.478 e. The second kappa shape index (κ2) is 10.3. The van der Waals surface area contributed by atoms with Crippen molar-refractivity contribution in [3.8, 4) is 28.4 Å². The van der Waals surface area contributed by atoms with E-state index in [-0.39, 0.29) is 24.3 Å². The van der Waals surface area contributed by atoms with Gasteiger partial charge in [0.25, 0.3) is 5.91 Å². The fourth-order valence-electron chi connectivity index (χ4n) is 4.12. The van der Waals surface area contributed by atoms with Crippen molar-refractivity contribution in [2.45, 2.75) is 45.3 Å². The predicted molar refractivity (Wildman–Crippen MR) is 137 cm³/mol. The molecule has 4 aromatic rings. The number of hydrogen-bond donors (Lipinski definition) is 2. The van der Waals surface area contributed by atoms with E-state index in [9.17, 15) is 18.0 Å². The maximum absolute atomic E-state index is 12.8. The van der Waals surface area contributed by atoms with Crippen molar-refractivity contribution in [3.63, 3.8) is 0 Å². The molecule has 8 nitrogen and oxygen atoms in total. The third kappa shape index (κ3) is 5.71. The number of nitrogens with one attached hydrogen (secondary N) is 2. The van der Waals surface area contributed by atoms with Crippen molar-refractivity contribution in [1.29, 1.82) is 0 Å². The summed E-state index contributed by atoms with van der Waals surface area (Å²) in [6, 6.07) is 9.29. The molecule has 1 amide bonds. The predicted octanol–water partition coefficient (Wildman–Crippen LogP) is 5.42. The minimum Gasteiger partial charge on any atom is -0.478 e. The van der Waals surface area contributed by atoms with Crippen LogP contribution in [0.25, 0.3) is 28.2 Å². The van der Waals surface area contributed by atoms with Gasteiger partial charge in [-0.1, -0.05) is 6.07 Å². The van der Waals surface area contributed by atoms with E-state index in [1.165, 1.54) is 0 Å². The Labute approximate surface area is 217 Å². The number of imidazole rings is 1. The molecule has 5 rings (SSSR count). The average molecular weight is 525 g/mol. The molecular weight excluding hydrogens is 497 g/mol. The smallest absolute Gasteiger partial charge is 0.390 e. The molecule has 1 aliphatic carbocycles. The number of alkyl halides is 3. The summed E-state index contributed by atoms with van der Waals surface area (Å²) in [6.07, 6.45) is 1.72. The normalized spacial score (nSPS) is 13.5. The van der Waals surface area contributed by atoms with Crippen LogP contribution in [0.3, 0.4) is 0 Å². The van der Waals surface area contributed by atoms with E-state index in [4.69, 9.17) is 4.74 Å². The van der Waals surface area contributed by atoms with Gasteiger partial charge in [-0.2, -0.15) is 13.2 Å². The molecule has 198 valence electrons. The molecular formula is C27H27F3N6O2. The van der Waals surface area contributed by atoms with E-state index in [0.29, 0.717) is 40.6 Å². The minimum absolute atomic E-state index is 0.0969. The summed E-state index contributed by atoms with van der Waals surface area (Å²) >= 11 is 0. The molecule has 2 N–H and O–H groups in total.